The molecule has 0 saturated heterocycles. The summed E-state index contributed by atoms with van der Waals surface area (Å²) in [5.74, 6) is 0.957. The van der Waals surface area contributed by atoms with Crippen molar-refractivity contribution in [2.45, 2.75) is 32.9 Å². The van der Waals surface area contributed by atoms with Crippen molar-refractivity contribution < 1.29 is 5.11 Å². The van der Waals surface area contributed by atoms with Crippen LogP contribution in [0.1, 0.15) is 19.7 Å². The number of anilines is 1. The van der Waals surface area contributed by atoms with E-state index >= 15 is 0 Å². The first-order valence-corrected chi connectivity index (χ1v) is 5.67. The average Bonchev–Trinajstić information content (AvgIpc) is 2.76. The zero-order chi connectivity index (χ0) is 11.7. The van der Waals surface area contributed by atoms with Gasteiger partial charge < -0.3 is 15.4 Å². The fourth-order valence-electron chi connectivity index (χ4n) is 2.04. The van der Waals surface area contributed by atoms with Gasteiger partial charge in [0.1, 0.15) is 5.82 Å². The minimum Gasteiger partial charge on any atom is -0.399 e. The summed E-state index contributed by atoms with van der Waals surface area (Å²) < 4.78 is 2.06. The van der Waals surface area contributed by atoms with Crippen molar-refractivity contribution >= 4 is 16.7 Å². The molecule has 2 heterocycles. The molecule has 1 aliphatic heterocycles. The van der Waals surface area contributed by atoms with Crippen LogP contribution in [0.15, 0.2) is 18.2 Å². The number of aliphatic hydroxyl groups excluding tert-OH is 1. The Bertz CT molecular complexity index is 504. The molecular weight excluding hydrogens is 202 g/mol. The van der Waals surface area contributed by atoms with Gasteiger partial charge in [0.2, 0.25) is 0 Å². The van der Waals surface area contributed by atoms with Gasteiger partial charge in [-0.05, 0) is 18.2 Å². The maximum absolute atomic E-state index is 9.47. The van der Waals surface area contributed by atoms with Gasteiger partial charge in [0.25, 0.3) is 0 Å². The molecule has 0 aliphatic carbocycles. The first-order chi connectivity index (χ1) is 7.74. The lowest BCUT2D eigenvalue weighted by atomic mass is 10.2. The van der Waals surface area contributed by atoms with Crippen LogP contribution < -0.4 is 5.73 Å². The van der Waals surface area contributed by atoms with Gasteiger partial charge in [-0.3, -0.25) is 0 Å². The lowest BCUT2D eigenvalue weighted by Crippen LogP contribution is -2.07. The lowest BCUT2D eigenvalue weighted by Gasteiger charge is -2.00. The Balaban J connectivity index is 0.000000457. The summed E-state index contributed by atoms with van der Waals surface area (Å²) in [7, 11) is 0. The predicted molar refractivity (Wildman–Crippen MR) is 65.2 cm³/mol. The van der Waals surface area contributed by atoms with Gasteiger partial charge in [0.15, 0.2) is 0 Å². The zero-order valence-corrected chi connectivity index (χ0v) is 9.64. The van der Waals surface area contributed by atoms with E-state index in [2.05, 4.69) is 9.55 Å². The first kappa shape index (κ1) is 11.0. The molecule has 2 aromatic rings. The molecule has 0 spiro atoms. The zero-order valence-electron chi connectivity index (χ0n) is 9.64. The maximum atomic E-state index is 9.47. The Morgan fingerprint density at radius 1 is 1.44 bits per heavy atom. The van der Waals surface area contributed by atoms with Gasteiger partial charge in [0, 0.05) is 12.1 Å². The Labute approximate surface area is 94.7 Å². The van der Waals surface area contributed by atoms with Gasteiger partial charge >= 0.3 is 0 Å². The largest absolute Gasteiger partial charge is 0.399 e. The van der Waals surface area contributed by atoms with E-state index in [0.29, 0.717) is 13.0 Å². The Morgan fingerprint density at radius 3 is 2.94 bits per heavy atom. The highest BCUT2D eigenvalue weighted by Crippen LogP contribution is 2.24. The molecule has 0 saturated carbocycles. The summed E-state index contributed by atoms with van der Waals surface area (Å²) in [6.07, 6.45) is 0.369. The highest BCUT2D eigenvalue weighted by atomic mass is 16.3. The molecule has 1 aliphatic rings. The molecule has 4 nitrogen and oxygen atoms in total. The van der Waals surface area contributed by atoms with Crippen LogP contribution in [0.4, 0.5) is 5.69 Å². The maximum Gasteiger partial charge on any atom is 0.112 e. The van der Waals surface area contributed by atoms with Crippen LogP contribution in [0, 0.1) is 0 Å². The van der Waals surface area contributed by atoms with E-state index in [0.717, 1.165) is 22.5 Å². The van der Waals surface area contributed by atoms with Crippen molar-refractivity contribution in [1.82, 2.24) is 9.55 Å². The van der Waals surface area contributed by atoms with Gasteiger partial charge in [-0.1, -0.05) is 13.8 Å². The SMILES string of the molecule is CC.Nc1ccc2c(c1)nc1n2CC(O)C1. The number of nitrogen functional groups attached to an aromatic ring is 1. The van der Waals surface area contributed by atoms with Gasteiger partial charge in [0.05, 0.1) is 23.7 Å². The molecule has 3 rings (SSSR count). The number of hydrogen-bond donors (Lipinski definition) is 2. The van der Waals surface area contributed by atoms with Crippen LogP contribution in [0.5, 0.6) is 0 Å². The minimum atomic E-state index is -0.278. The smallest absolute Gasteiger partial charge is 0.112 e. The summed E-state index contributed by atoms with van der Waals surface area (Å²) >= 11 is 0. The molecule has 0 fully saturated rings. The predicted octanol–water partition coefficient (Wildman–Crippen LogP) is 1.56. The number of aliphatic hydroxyl groups is 1. The molecule has 1 aromatic carbocycles. The molecule has 1 atom stereocenters. The van der Waals surface area contributed by atoms with Crippen LogP contribution in [-0.2, 0) is 13.0 Å². The highest BCUT2D eigenvalue weighted by Gasteiger charge is 2.22. The van der Waals surface area contributed by atoms with E-state index in [9.17, 15) is 5.11 Å². The molecule has 1 aromatic heterocycles. The third-order valence-electron chi connectivity index (χ3n) is 2.66. The van der Waals surface area contributed by atoms with E-state index in [1.54, 1.807) is 0 Å². The topological polar surface area (TPSA) is 64.1 Å². The molecule has 3 N–H and O–H groups in total. The van der Waals surface area contributed by atoms with Crippen LogP contribution in [-0.4, -0.2) is 20.8 Å². The van der Waals surface area contributed by atoms with Crippen molar-refractivity contribution in [1.29, 1.82) is 0 Å². The number of imidazole rings is 1. The third-order valence-corrected chi connectivity index (χ3v) is 2.66. The highest BCUT2D eigenvalue weighted by molar-refractivity contribution is 5.79. The van der Waals surface area contributed by atoms with Crippen molar-refractivity contribution in [3.05, 3.63) is 24.0 Å². The monoisotopic (exact) mass is 219 g/mol. The average molecular weight is 219 g/mol. The van der Waals surface area contributed by atoms with E-state index in [1.165, 1.54) is 0 Å². The van der Waals surface area contributed by atoms with Crippen molar-refractivity contribution in [2.75, 3.05) is 5.73 Å². The van der Waals surface area contributed by atoms with E-state index in [1.807, 2.05) is 32.0 Å². The molecule has 1 unspecified atom stereocenters. The molecule has 0 bridgehead atoms. The quantitative estimate of drug-likeness (QED) is 0.661. The van der Waals surface area contributed by atoms with Crippen LogP contribution in [0.2, 0.25) is 0 Å². The summed E-state index contributed by atoms with van der Waals surface area (Å²) in [5.41, 5.74) is 8.39. The number of aromatic nitrogens is 2. The fourth-order valence-corrected chi connectivity index (χ4v) is 2.04. The normalized spacial score (nSPS) is 18.1. The second-order valence-corrected chi connectivity index (χ2v) is 3.74. The molecule has 16 heavy (non-hydrogen) atoms. The number of fused-ring (bicyclic) bond motifs is 3. The Morgan fingerprint density at radius 2 is 2.19 bits per heavy atom. The van der Waals surface area contributed by atoms with Gasteiger partial charge in [-0.2, -0.15) is 0 Å². The molecular formula is C12H17N3O. The van der Waals surface area contributed by atoms with Crippen LogP contribution >= 0.6 is 0 Å². The number of nitrogens with two attached hydrogens (primary N) is 1. The van der Waals surface area contributed by atoms with Crippen molar-refractivity contribution in [3.8, 4) is 0 Å². The van der Waals surface area contributed by atoms with Crippen LogP contribution in [0.25, 0.3) is 11.0 Å². The third kappa shape index (κ3) is 1.65. The number of benzene rings is 1. The van der Waals surface area contributed by atoms with Crippen LogP contribution in [0.3, 0.4) is 0 Å². The van der Waals surface area contributed by atoms with Crippen molar-refractivity contribution in [3.63, 3.8) is 0 Å². The van der Waals surface area contributed by atoms with E-state index in [-0.39, 0.29) is 6.10 Å². The number of rotatable bonds is 0. The number of hydrogen-bond acceptors (Lipinski definition) is 3. The Hall–Kier alpha value is -1.55. The van der Waals surface area contributed by atoms with E-state index in [4.69, 9.17) is 5.73 Å². The summed E-state index contributed by atoms with van der Waals surface area (Å²) in [6, 6.07) is 5.69. The molecule has 0 amide bonds. The molecule has 4 heteroatoms. The molecule has 86 valence electrons. The minimum absolute atomic E-state index is 0.278. The fraction of sp³-hybridized carbons (Fsp3) is 0.417. The van der Waals surface area contributed by atoms with Gasteiger partial charge in [-0.25, -0.2) is 4.98 Å². The lowest BCUT2D eigenvalue weighted by molar-refractivity contribution is 0.176. The first-order valence-electron chi connectivity index (χ1n) is 5.67. The second-order valence-electron chi connectivity index (χ2n) is 3.74. The summed E-state index contributed by atoms with van der Waals surface area (Å²) in [4.78, 5) is 4.43. The summed E-state index contributed by atoms with van der Waals surface area (Å²) in [5, 5.41) is 9.47. The second kappa shape index (κ2) is 4.14. The van der Waals surface area contributed by atoms with E-state index < -0.39 is 0 Å². The molecule has 0 radical (unpaired) electrons. The van der Waals surface area contributed by atoms with Gasteiger partial charge in [-0.15, -0.1) is 0 Å². The standard InChI is InChI=1S/C10H11N3O.C2H6/c11-6-1-2-9-8(3-6)12-10-4-7(14)5-13(9)10;1-2/h1-3,7,14H,4-5,11H2;1-2H3. The Kier molecular flexibility index (Phi) is 2.83. The van der Waals surface area contributed by atoms with Crippen molar-refractivity contribution in [2.24, 2.45) is 0 Å². The summed E-state index contributed by atoms with van der Waals surface area (Å²) in [6.45, 7) is 4.65. The number of nitrogens with zero attached hydrogens (tertiary/aromatic N) is 2.